The Kier molecular flexibility index (Phi) is 4.05. The average molecular weight is 393 g/mol. The topological polar surface area (TPSA) is 41.9 Å². The first-order valence-corrected chi connectivity index (χ1v) is 10.9. The second kappa shape index (κ2) is 6.20. The molecule has 0 N–H and O–H groups in total. The number of nitrogens with zero attached hydrogens (tertiary/aromatic N) is 4. The molecule has 4 atom stereocenters. The lowest BCUT2D eigenvalue weighted by atomic mass is 9.82. The van der Waals surface area contributed by atoms with Gasteiger partial charge in [-0.05, 0) is 49.2 Å². The molecular formula is C19H22ClFN4S. The molecule has 0 amide bonds. The van der Waals surface area contributed by atoms with Gasteiger partial charge in [0, 0.05) is 12.6 Å². The van der Waals surface area contributed by atoms with Crippen LogP contribution in [0.4, 0.5) is 10.2 Å². The van der Waals surface area contributed by atoms with Gasteiger partial charge < -0.3 is 4.90 Å². The van der Waals surface area contributed by atoms with E-state index < -0.39 is 5.82 Å². The number of pyridine rings is 1. The number of piperidine rings is 1. The van der Waals surface area contributed by atoms with E-state index in [1.165, 1.54) is 19.3 Å². The Balaban J connectivity index is 1.79. The van der Waals surface area contributed by atoms with Gasteiger partial charge in [-0.2, -0.15) is 0 Å². The van der Waals surface area contributed by atoms with Crippen molar-refractivity contribution in [1.82, 2.24) is 15.0 Å². The molecule has 2 aromatic rings. The fourth-order valence-corrected chi connectivity index (χ4v) is 6.15. The van der Waals surface area contributed by atoms with Crippen LogP contribution in [0.2, 0.25) is 5.15 Å². The van der Waals surface area contributed by atoms with E-state index in [0.717, 1.165) is 41.5 Å². The average Bonchev–Trinajstić information content (AvgIpc) is 2.94. The minimum Gasteiger partial charge on any atom is -0.352 e. The van der Waals surface area contributed by atoms with E-state index >= 15 is 0 Å². The normalized spacial score (nSPS) is 29.8. The highest BCUT2D eigenvalue weighted by molar-refractivity contribution is 7.99. The number of thioether (sulfide) groups is 1. The molecular weight excluding hydrogens is 371 g/mol. The predicted molar refractivity (Wildman–Crippen MR) is 104 cm³/mol. The van der Waals surface area contributed by atoms with Gasteiger partial charge in [0.05, 0.1) is 11.1 Å². The van der Waals surface area contributed by atoms with Crippen LogP contribution < -0.4 is 4.90 Å². The Hall–Kier alpha value is -1.14. The van der Waals surface area contributed by atoms with Crippen molar-refractivity contribution in [2.24, 2.45) is 17.8 Å². The number of rotatable bonds is 2. The standard InChI is InChI=1S/C19H22ClFN4S/c1-3-26-19-23-15-13-12(22-17(20)14(15)21)6-9(2)16-11-5-4-10(7-11)8-25(16)18(13)24-19/h9-11,16H,3-8H2,1-2H3/t9-,10-,11+,16+/m0/s1. The maximum Gasteiger partial charge on any atom is 0.190 e. The summed E-state index contributed by atoms with van der Waals surface area (Å²) in [6.07, 6.45) is 4.71. The molecule has 2 aromatic heterocycles. The lowest BCUT2D eigenvalue weighted by molar-refractivity contribution is 0.265. The van der Waals surface area contributed by atoms with Gasteiger partial charge in [-0.15, -0.1) is 0 Å². The Morgan fingerprint density at radius 1 is 1.27 bits per heavy atom. The van der Waals surface area contributed by atoms with Crippen LogP contribution in [0, 0.1) is 23.6 Å². The summed E-state index contributed by atoms with van der Waals surface area (Å²) < 4.78 is 14.8. The van der Waals surface area contributed by atoms with Gasteiger partial charge >= 0.3 is 0 Å². The maximum absolute atomic E-state index is 14.8. The van der Waals surface area contributed by atoms with Crippen molar-refractivity contribution >= 4 is 40.1 Å². The van der Waals surface area contributed by atoms with E-state index in [2.05, 4.69) is 28.7 Å². The van der Waals surface area contributed by atoms with E-state index in [4.69, 9.17) is 16.6 Å². The number of anilines is 1. The van der Waals surface area contributed by atoms with E-state index in [0.29, 0.717) is 28.6 Å². The molecule has 1 aliphatic carbocycles. The van der Waals surface area contributed by atoms with Gasteiger partial charge in [0.1, 0.15) is 11.3 Å². The second-order valence-electron chi connectivity index (χ2n) is 7.91. The minimum absolute atomic E-state index is 0.0711. The highest BCUT2D eigenvalue weighted by Gasteiger charge is 2.45. The number of hydrogen-bond donors (Lipinski definition) is 0. The van der Waals surface area contributed by atoms with Crippen molar-refractivity contribution < 1.29 is 4.39 Å². The third kappa shape index (κ3) is 2.44. The van der Waals surface area contributed by atoms with Crippen molar-refractivity contribution in [3.8, 4) is 0 Å². The van der Waals surface area contributed by atoms with Crippen molar-refractivity contribution in [3.63, 3.8) is 0 Å². The minimum atomic E-state index is -0.516. The molecule has 4 nitrogen and oxygen atoms in total. The zero-order valence-electron chi connectivity index (χ0n) is 15.0. The third-order valence-electron chi connectivity index (χ3n) is 6.30. The molecule has 26 heavy (non-hydrogen) atoms. The highest BCUT2D eigenvalue weighted by atomic mass is 35.5. The van der Waals surface area contributed by atoms with Gasteiger partial charge in [-0.25, -0.2) is 19.3 Å². The molecule has 1 saturated carbocycles. The monoisotopic (exact) mass is 392 g/mol. The van der Waals surface area contributed by atoms with E-state index in [9.17, 15) is 4.39 Å². The van der Waals surface area contributed by atoms with Crippen LogP contribution in [-0.4, -0.2) is 33.3 Å². The van der Waals surface area contributed by atoms with Crippen molar-refractivity contribution in [2.75, 3.05) is 17.2 Å². The van der Waals surface area contributed by atoms with Crippen molar-refractivity contribution in [1.29, 1.82) is 0 Å². The summed E-state index contributed by atoms with van der Waals surface area (Å²) >= 11 is 7.68. The fraction of sp³-hybridized carbons (Fsp3) is 0.632. The van der Waals surface area contributed by atoms with E-state index in [1.807, 2.05) is 0 Å². The zero-order chi connectivity index (χ0) is 18.0. The highest BCUT2D eigenvalue weighted by Crippen LogP contribution is 2.48. The van der Waals surface area contributed by atoms with Crippen LogP contribution in [-0.2, 0) is 6.42 Å². The lowest BCUT2D eigenvalue weighted by Gasteiger charge is -2.43. The largest absolute Gasteiger partial charge is 0.352 e. The second-order valence-corrected chi connectivity index (χ2v) is 9.50. The Morgan fingerprint density at radius 3 is 2.92 bits per heavy atom. The molecule has 5 rings (SSSR count). The molecule has 0 unspecified atom stereocenters. The van der Waals surface area contributed by atoms with E-state index in [-0.39, 0.29) is 5.15 Å². The summed E-state index contributed by atoms with van der Waals surface area (Å²) in [5.41, 5.74) is 1.19. The van der Waals surface area contributed by atoms with Gasteiger partial charge in [0.25, 0.3) is 0 Å². The lowest BCUT2D eigenvalue weighted by Crippen LogP contribution is -2.49. The van der Waals surface area contributed by atoms with Crippen molar-refractivity contribution in [3.05, 3.63) is 16.7 Å². The molecule has 138 valence electrons. The number of fused-ring (bicyclic) bond motifs is 5. The summed E-state index contributed by atoms with van der Waals surface area (Å²) in [6, 6.07) is 0.447. The van der Waals surface area contributed by atoms with Crippen LogP contribution in [0.1, 0.15) is 38.8 Å². The summed E-state index contributed by atoms with van der Waals surface area (Å²) in [6.45, 7) is 5.36. The van der Waals surface area contributed by atoms with Gasteiger partial charge in [-0.1, -0.05) is 37.2 Å². The number of hydrogen-bond acceptors (Lipinski definition) is 5. The van der Waals surface area contributed by atoms with Gasteiger partial charge in [-0.3, -0.25) is 0 Å². The number of halogens is 2. The molecule has 0 aromatic carbocycles. The molecule has 4 heterocycles. The Bertz CT molecular complexity index is 892. The zero-order valence-corrected chi connectivity index (χ0v) is 16.6. The first-order valence-electron chi connectivity index (χ1n) is 9.51. The Morgan fingerprint density at radius 2 is 2.12 bits per heavy atom. The molecule has 3 aliphatic rings. The van der Waals surface area contributed by atoms with Gasteiger partial charge in [0.15, 0.2) is 16.1 Å². The summed E-state index contributed by atoms with van der Waals surface area (Å²) in [4.78, 5) is 16.3. The summed E-state index contributed by atoms with van der Waals surface area (Å²) in [5.74, 6) is 3.08. The quantitative estimate of drug-likeness (QED) is 0.420. The first kappa shape index (κ1) is 17.0. The van der Waals surface area contributed by atoms with Crippen LogP contribution in [0.5, 0.6) is 0 Å². The maximum atomic E-state index is 14.8. The first-order chi connectivity index (χ1) is 12.6. The molecule has 2 fully saturated rings. The van der Waals surface area contributed by atoms with Crippen LogP contribution in [0.25, 0.3) is 10.9 Å². The molecule has 0 radical (unpaired) electrons. The van der Waals surface area contributed by atoms with E-state index in [1.54, 1.807) is 11.8 Å². The SMILES string of the molecule is CCSc1nc2c3c(nc(Cl)c(F)c3n1)C[C@H](C)[C@@H]1[C@@H]3CC[C@@H](C3)CN21. The molecule has 7 heteroatoms. The fourth-order valence-electron chi connectivity index (χ4n) is 5.39. The Labute approximate surface area is 161 Å². The molecule has 2 bridgehead atoms. The predicted octanol–water partition coefficient (Wildman–Crippen LogP) is 4.73. The summed E-state index contributed by atoms with van der Waals surface area (Å²) in [5, 5.41) is 1.34. The van der Waals surface area contributed by atoms with Crippen LogP contribution in [0.15, 0.2) is 5.16 Å². The summed E-state index contributed by atoms with van der Waals surface area (Å²) in [7, 11) is 0. The molecule has 1 saturated heterocycles. The van der Waals surface area contributed by atoms with Crippen molar-refractivity contribution in [2.45, 2.75) is 50.7 Å². The number of aromatic nitrogens is 3. The van der Waals surface area contributed by atoms with Crippen LogP contribution >= 0.6 is 23.4 Å². The third-order valence-corrected chi connectivity index (χ3v) is 7.28. The molecule has 0 spiro atoms. The smallest absolute Gasteiger partial charge is 0.190 e. The molecule has 2 aliphatic heterocycles. The van der Waals surface area contributed by atoms with Gasteiger partial charge in [0.2, 0.25) is 0 Å². The van der Waals surface area contributed by atoms with Crippen LogP contribution in [0.3, 0.4) is 0 Å².